The molecule has 21 heavy (non-hydrogen) atoms. The normalized spacial score (nSPS) is 16.1. The SMILES string of the molecule is CCCCCCN1CCN(C(=O)Cc2ccccn2)CC1. The van der Waals surface area contributed by atoms with Crippen LogP contribution in [0.25, 0.3) is 0 Å². The molecule has 1 saturated heterocycles. The number of nitrogens with zero attached hydrogens (tertiary/aromatic N) is 3. The fourth-order valence-electron chi connectivity index (χ4n) is 2.75. The number of hydrogen-bond acceptors (Lipinski definition) is 3. The maximum absolute atomic E-state index is 12.2. The summed E-state index contributed by atoms with van der Waals surface area (Å²) in [7, 11) is 0. The van der Waals surface area contributed by atoms with Crippen molar-refractivity contribution in [3.05, 3.63) is 30.1 Å². The van der Waals surface area contributed by atoms with E-state index in [-0.39, 0.29) is 5.91 Å². The molecular weight excluding hydrogens is 262 g/mol. The van der Waals surface area contributed by atoms with E-state index in [2.05, 4.69) is 16.8 Å². The molecule has 0 aliphatic carbocycles. The van der Waals surface area contributed by atoms with E-state index >= 15 is 0 Å². The van der Waals surface area contributed by atoms with Gasteiger partial charge in [0.15, 0.2) is 0 Å². The molecule has 1 amide bonds. The van der Waals surface area contributed by atoms with Crippen LogP contribution in [0, 0.1) is 0 Å². The van der Waals surface area contributed by atoms with E-state index in [1.165, 1.54) is 32.2 Å². The molecule has 0 saturated carbocycles. The van der Waals surface area contributed by atoms with E-state index in [0.29, 0.717) is 6.42 Å². The van der Waals surface area contributed by atoms with Crippen molar-refractivity contribution in [1.29, 1.82) is 0 Å². The zero-order valence-corrected chi connectivity index (χ0v) is 13.1. The molecule has 0 aromatic carbocycles. The third-order valence-electron chi connectivity index (χ3n) is 4.11. The Hall–Kier alpha value is -1.42. The minimum atomic E-state index is 0.208. The molecule has 1 fully saturated rings. The summed E-state index contributed by atoms with van der Waals surface area (Å²) in [6.07, 6.45) is 7.41. The molecule has 0 N–H and O–H groups in total. The van der Waals surface area contributed by atoms with Crippen LogP contribution >= 0.6 is 0 Å². The van der Waals surface area contributed by atoms with E-state index in [1.807, 2.05) is 23.1 Å². The zero-order valence-electron chi connectivity index (χ0n) is 13.1. The highest BCUT2D eigenvalue weighted by Gasteiger charge is 2.20. The molecule has 4 nitrogen and oxygen atoms in total. The van der Waals surface area contributed by atoms with Gasteiger partial charge >= 0.3 is 0 Å². The van der Waals surface area contributed by atoms with Gasteiger partial charge in [-0.1, -0.05) is 32.3 Å². The first-order valence-electron chi connectivity index (χ1n) is 8.19. The first-order chi connectivity index (χ1) is 10.3. The lowest BCUT2D eigenvalue weighted by atomic mass is 10.2. The number of amides is 1. The Bertz CT molecular complexity index is 413. The Morgan fingerprint density at radius 2 is 1.95 bits per heavy atom. The topological polar surface area (TPSA) is 36.4 Å². The molecule has 4 heteroatoms. The zero-order chi connectivity index (χ0) is 14.9. The Morgan fingerprint density at radius 3 is 2.62 bits per heavy atom. The Labute approximate surface area is 128 Å². The summed E-state index contributed by atoms with van der Waals surface area (Å²) in [6, 6.07) is 5.73. The number of aromatic nitrogens is 1. The predicted octanol–water partition coefficient (Wildman–Crippen LogP) is 2.35. The van der Waals surface area contributed by atoms with Gasteiger partial charge in [-0.2, -0.15) is 0 Å². The summed E-state index contributed by atoms with van der Waals surface area (Å²) in [4.78, 5) is 20.9. The molecule has 0 spiro atoms. The molecular formula is C17H27N3O. The molecule has 0 atom stereocenters. The second-order valence-electron chi connectivity index (χ2n) is 5.78. The smallest absolute Gasteiger partial charge is 0.228 e. The summed E-state index contributed by atoms with van der Waals surface area (Å²) >= 11 is 0. The average Bonchev–Trinajstić information content (AvgIpc) is 2.53. The van der Waals surface area contributed by atoms with Crippen LogP contribution in [0.4, 0.5) is 0 Å². The highest BCUT2D eigenvalue weighted by atomic mass is 16.2. The number of piperazine rings is 1. The molecule has 2 heterocycles. The lowest BCUT2D eigenvalue weighted by molar-refractivity contribution is -0.132. The van der Waals surface area contributed by atoms with Crippen LogP contribution in [0.3, 0.4) is 0 Å². The highest BCUT2D eigenvalue weighted by Crippen LogP contribution is 2.07. The van der Waals surface area contributed by atoms with Gasteiger partial charge in [0.05, 0.1) is 6.42 Å². The average molecular weight is 289 g/mol. The summed E-state index contributed by atoms with van der Waals surface area (Å²) in [5, 5.41) is 0. The summed E-state index contributed by atoms with van der Waals surface area (Å²) in [5.41, 5.74) is 0.865. The van der Waals surface area contributed by atoms with Crippen LogP contribution in [-0.4, -0.2) is 53.4 Å². The van der Waals surface area contributed by atoms with Gasteiger partial charge in [0, 0.05) is 38.1 Å². The summed E-state index contributed by atoms with van der Waals surface area (Å²) in [6.45, 7) is 7.17. The maximum Gasteiger partial charge on any atom is 0.228 e. The van der Waals surface area contributed by atoms with E-state index in [9.17, 15) is 4.79 Å². The van der Waals surface area contributed by atoms with E-state index in [1.54, 1.807) is 6.20 Å². The Balaban J connectivity index is 1.67. The van der Waals surface area contributed by atoms with Gasteiger partial charge in [-0.25, -0.2) is 0 Å². The fourth-order valence-corrected chi connectivity index (χ4v) is 2.75. The molecule has 1 aromatic rings. The van der Waals surface area contributed by atoms with Crippen LogP contribution in [0.1, 0.15) is 38.3 Å². The van der Waals surface area contributed by atoms with Gasteiger partial charge in [0.1, 0.15) is 0 Å². The molecule has 0 bridgehead atoms. The molecule has 0 unspecified atom stereocenters. The van der Waals surface area contributed by atoms with Gasteiger partial charge in [-0.15, -0.1) is 0 Å². The third kappa shape index (κ3) is 5.46. The molecule has 116 valence electrons. The van der Waals surface area contributed by atoms with Crippen molar-refractivity contribution in [2.45, 2.75) is 39.0 Å². The van der Waals surface area contributed by atoms with Crippen LogP contribution in [-0.2, 0) is 11.2 Å². The van der Waals surface area contributed by atoms with E-state index in [0.717, 1.165) is 31.9 Å². The molecule has 1 aromatic heterocycles. The predicted molar refractivity (Wildman–Crippen MR) is 85.1 cm³/mol. The summed E-state index contributed by atoms with van der Waals surface area (Å²) in [5.74, 6) is 0.208. The van der Waals surface area contributed by atoms with Gasteiger partial charge in [-0.3, -0.25) is 14.7 Å². The molecule has 1 aliphatic rings. The van der Waals surface area contributed by atoms with Crippen molar-refractivity contribution in [3.8, 4) is 0 Å². The first-order valence-corrected chi connectivity index (χ1v) is 8.19. The highest BCUT2D eigenvalue weighted by molar-refractivity contribution is 5.78. The number of hydrogen-bond donors (Lipinski definition) is 0. The van der Waals surface area contributed by atoms with Crippen molar-refractivity contribution in [3.63, 3.8) is 0 Å². The van der Waals surface area contributed by atoms with Crippen molar-refractivity contribution in [2.75, 3.05) is 32.7 Å². The molecule has 2 rings (SSSR count). The number of unbranched alkanes of at least 4 members (excludes halogenated alkanes) is 3. The minimum absolute atomic E-state index is 0.208. The van der Waals surface area contributed by atoms with Crippen molar-refractivity contribution >= 4 is 5.91 Å². The second kappa shape index (κ2) is 8.78. The first kappa shape index (κ1) is 16.0. The van der Waals surface area contributed by atoms with Gasteiger partial charge < -0.3 is 4.90 Å². The minimum Gasteiger partial charge on any atom is -0.340 e. The van der Waals surface area contributed by atoms with Crippen LogP contribution < -0.4 is 0 Å². The van der Waals surface area contributed by atoms with E-state index < -0.39 is 0 Å². The summed E-state index contributed by atoms with van der Waals surface area (Å²) < 4.78 is 0. The lowest BCUT2D eigenvalue weighted by Gasteiger charge is -2.34. The largest absolute Gasteiger partial charge is 0.340 e. The second-order valence-corrected chi connectivity index (χ2v) is 5.78. The Kier molecular flexibility index (Phi) is 6.67. The quantitative estimate of drug-likeness (QED) is 0.723. The fraction of sp³-hybridized carbons (Fsp3) is 0.647. The van der Waals surface area contributed by atoms with Crippen LogP contribution in [0.2, 0.25) is 0 Å². The van der Waals surface area contributed by atoms with Crippen LogP contribution in [0.5, 0.6) is 0 Å². The molecule has 1 aliphatic heterocycles. The van der Waals surface area contributed by atoms with Crippen molar-refractivity contribution in [1.82, 2.24) is 14.8 Å². The third-order valence-corrected chi connectivity index (χ3v) is 4.11. The molecule has 0 radical (unpaired) electrons. The number of rotatable bonds is 7. The van der Waals surface area contributed by atoms with Crippen LogP contribution in [0.15, 0.2) is 24.4 Å². The van der Waals surface area contributed by atoms with Gasteiger partial charge in [0.25, 0.3) is 0 Å². The van der Waals surface area contributed by atoms with Gasteiger partial charge in [0.2, 0.25) is 5.91 Å². The van der Waals surface area contributed by atoms with Gasteiger partial charge in [-0.05, 0) is 25.1 Å². The monoisotopic (exact) mass is 289 g/mol. The standard InChI is InChI=1S/C17H27N3O/c1-2-3-4-7-10-19-11-13-20(14-12-19)17(21)15-16-8-5-6-9-18-16/h5-6,8-9H,2-4,7,10-15H2,1H3. The Morgan fingerprint density at radius 1 is 1.14 bits per heavy atom. The number of carbonyl (C=O) groups excluding carboxylic acids is 1. The van der Waals surface area contributed by atoms with Crippen molar-refractivity contribution < 1.29 is 4.79 Å². The number of pyridine rings is 1. The maximum atomic E-state index is 12.2. The van der Waals surface area contributed by atoms with Crippen molar-refractivity contribution in [2.24, 2.45) is 0 Å². The lowest BCUT2D eigenvalue weighted by Crippen LogP contribution is -2.49. The van der Waals surface area contributed by atoms with E-state index in [4.69, 9.17) is 0 Å². The number of carbonyl (C=O) groups is 1.